The summed E-state index contributed by atoms with van der Waals surface area (Å²) in [5.41, 5.74) is 1.87. The molecule has 8 nitrogen and oxygen atoms in total. The second kappa shape index (κ2) is 11.5. The number of ether oxygens (including phenoxy) is 5. The van der Waals surface area contributed by atoms with E-state index >= 15 is 0 Å². The number of methoxy groups -OCH3 is 1. The largest absolute Gasteiger partial charge is 0.445 e. The lowest BCUT2D eigenvalue weighted by Gasteiger charge is -2.33. The molecule has 2 saturated heterocycles. The molecular formula is C27H35NO7. The summed E-state index contributed by atoms with van der Waals surface area (Å²) in [5, 5.41) is 9.88. The summed E-state index contributed by atoms with van der Waals surface area (Å²) >= 11 is 0. The molecule has 2 fully saturated rings. The van der Waals surface area contributed by atoms with Gasteiger partial charge in [0, 0.05) is 26.3 Å². The zero-order chi connectivity index (χ0) is 24.8. The third-order valence-electron chi connectivity index (χ3n) is 6.38. The topological polar surface area (TPSA) is 86.7 Å². The van der Waals surface area contributed by atoms with Crippen LogP contribution in [0.15, 0.2) is 60.7 Å². The Labute approximate surface area is 206 Å². The molecule has 0 aliphatic carbocycles. The predicted molar refractivity (Wildman–Crippen MR) is 128 cm³/mol. The van der Waals surface area contributed by atoms with Crippen molar-refractivity contribution in [3.05, 3.63) is 71.8 Å². The van der Waals surface area contributed by atoms with Gasteiger partial charge in [0.15, 0.2) is 12.1 Å². The minimum Gasteiger partial charge on any atom is -0.445 e. The molecule has 0 spiro atoms. The molecule has 0 saturated carbocycles. The fourth-order valence-corrected chi connectivity index (χ4v) is 4.76. The Morgan fingerprint density at radius 3 is 2.29 bits per heavy atom. The molecule has 0 radical (unpaired) electrons. The summed E-state index contributed by atoms with van der Waals surface area (Å²) in [7, 11) is 1.58. The van der Waals surface area contributed by atoms with Crippen LogP contribution in [0.25, 0.3) is 0 Å². The number of nitrogens with zero attached hydrogens (tertiary/aromatic N) is 1. The minimum atomic E-state index is -0.751. The van der Waals surface area contributed by atoms with Crippen molar-refractivity contribution in [2.45, 2.75) is 76.3 Å². The normalized spacial score (nSPS) is 25.7. The summed E-state index contributed by atoms with van der Waals surface area (Å²) in [6.07, 6.45) is -1.27. The zero-order valence-electron chi connectivity index (χ0n) is 20.5. The standard InChI is InChI=1S/C27H35NO7/c1-27(2)34-23-22(33-25(31-3)24(23)35-27)16-21(14-15-29)28(17-19-10-6-4-7-11-19)26(30)32-18-20-12-8-5-9-13-20/h4-13,21-25,29H,14-18H2,1-3H3/t21-,22+,23+,24+,25+/m0/s1. The molecule has 2 heterocycles. The van der Waals surface area contributed by atoms with E-state index in [9.17, 15) is 9.90 Å². The fourth-order valence-electron chi connectivity index (χ4n) is 4.76. The van der Waals surface area contributed by atoms with E-state index in [1.165, 1.54) is 0 Å². The van der Waals surface area contributed by atoms with Gasteiger partial charge in [0.2, 0.25) is 0 Å². The van der Waals surface area contributed by atoms with E-state index in [0.29, 0.717) is 19.4 Å². The Morgan fingerprint density at radius 2 is 1.66 bits per heavy atom. The summed E-state index contributed by atoms with van der Waals surface area (Å²) in [4.78, 5) is 15.0. The van der Waals surface area contributed by atoms with Crippen LogP contribution in [0.3, 0.4) is 0 Å². The minimum absolute atomic E-state index is 0.0840. The first-order valence-electron chi connectivity index (χ1n) is 12.1. The van der Waals surface area contributed by atoms with Crippen molar-refractivity contribution in [1.29, 1.82) is 0 Å². The first-order chi connectivity index (χ1) is 16.9. The van der Waals surface area contributed by atoms with Crippen molar-refractivity contribution in [3.8, 4) is 0 Å². The van der Waals surface area contributed by atoms with E-state index in [1.807, 2.05) is 74.5 Å². The summed E-state index contributed by atoms with van der Waals surface area (Å²) in [5.74, 6) is -0.751. The van der Waals surface area contributed by atoms with Crippen molar-refractivity contribution in [3.63, 3.8) is 0 Å². The molecule has 2 aliphatic rings. The predicted octanol–water partition coefficient (Wildman–Crippen LogP) is 3.86. The van der Waals surface area contributed by atoms with Crippen molar-refractivity contribution in [2.24, 2.45) is 0 Å². The molecule has 2 aromatic carbocycles. The maximum atomic E-state index is 13.4. The van der Waals surface area contributed by atoms with Gasteiger partial charge < -0.3 is 33.7 Å². The van der Waals surface area contributed by atoms with Crippen LogP contribution >= 0.6 is 0 Å². The average molecular weight is 486 g/mol. The number of hydrogen-bond donors (Lipinski definition) is 1. The van der Waals surface area contributed by atoms with Gasteiger partial charge >= 0.3 is 6.09 Å². The van der Waals surface area contributed by atoms with Gasteiger partial charge in [0.25, 0.3) is 0 Å². The van der Waals surface area contributed by atoms with Gasteiger partial charge in [-0.05, 0) is 37.8 Å². The quantitative estimate of drug-likeness (QED) is 0.547. The number of amides is 1. The lowest BCUT2D eigenvalue weighted by Crippen LogP contribution is -2.44. The first-order valence-corrected chi connectivity index (χ1v) is 12.1. The number of aliphatic hydroxyl groups is 1. The number of aliphatic hydroxyl groups excluding tert-OH is 1. The van der Waals surface area contributed by atoms with Crippen LogP contribution in [0.4, 0.5) is 4.79 Å². The second-order valence-corrected chi connectivity index (χ2v) is 9.40. The number of carbonyl (C=O) groups is 1. The Bertz CT molecular complexity index is 939. The summed E-state index contributed by atoms with van der Waals surface area (Å²) < 4.78 is 29.5. The highest BCUT2D eigenvalue weighted by Crippen LogP contribution is 2.40. The van der Waals surface area contributed by atoms with Crippen molar-refractivity contribution < 1.29 is 33.6 Å². The Balaban J connectivity index is 1.53. The van der Waals surface area contributed by atoms with Gasteiger partial charge in [-0.3, -0.25) is 0 Å². The van der Waals surface area contributed by atoms with Crippen molar-refractivity contribution in [1.82, 2.24) is 4.90 Å². The van der Waals surface area contributed by atoms with Crippen LogP contribution in [0.5, 0.6) is 0 Å². The van der Waals surface area contributed by atoms with E-state index in [-0.39, 0.29) is 37.6 Å². The number of fused-ring (bicyclic) bond motifs is 1. The monoisotopic (exact) mass is 485 g/mol. The van der Waals surface area contributed by atoms with Crippen molar-refractivity contribution in [2.75, 3.05) is 13.7 Å². The third-order valence-corrected chi connectivity index (χ3v) is 6.38. The van der Waals surface area contributed by atoms with Crippen LogP contribution in [-0.2, 0) is 36.8 Å². The average Bonchev–Trinajstić information content (AvgIpc) is 3.34. The van der Waals surface area contributed by atoms with E-state index in [4.69, 9.17) is 23.7 Å². The maximum absolute atomic E-state index is 13.4. The van der Waals surface area contributed by atoms with E-state index < -0.39 is 18.2 Å². The van der Waals surface area contributed by atoms with Crippen molar-refractivity contribution >= 4 is 6.09 Å². The molecular weight excluding hydrogens is 450 g/mol. The number of hydrogen-bond acceptors (Lipinski definition) is 7. The molecule has 1 N–H and O–H groups in total. The smallest absolute Gasteiger partial charge is 0.410 e. The lowest BCUT2D eigenvalue weighted by atomic mass is 9.99. The lowest BCUT2D eigenvalue weighted by molar-refractivity contribution is -0.228. The molecule has 4 rings (SSSR count). The van der Waals surface area contributed by atoms with Gasteiger partial charge in [-0.25, -0.2) is 4.79 Å². The molecule has 2 aromatic rings. The van der Waals surface area contributed by atoms with Crippen LogP contribution in [0, 0.1) is 0 Å². The Hall–Kier alpha value is -2.49. The Kier molecular flexibility index (Phi) is 8.41. The van der Waals surface area contributed by atoms with Gasteiger partial charge in [-0.15, -0.1) is 0 Å². The third kappa shape index (κ3) is 6.39. The second-order valence-electron chi connectivity index (χ2n) is 9.40. The number of carbonyl (C=O) groups excluding carboxylic acids is 1. The van der Waals surface area contributed by atoms with E-state index in [0.717, 1.165) is 11.1 Å². The van der Waals surface area contributed by atoms with Gasteiger partial charge in [0.05, 0.1) is 6.10 Å². The molecule has 190 valence electrons. The highest BCUT2D eigenvalue weighted by molar-refractivity contribution is 5.68. The van der Waals surface area contributed by atoms with Gasteiger partial charge in [-0.2, -0.15) is 0 Å². The van der Waals surface area contributed by atoms with E-state index in [2.05, 4.69) is 0 Å². The SMILES string of the molecule is CO[C@@H]1O[C@H](C[C@H](CCO)N(Cc2ccccc2)C(=O)OCc2ccccc2)[C@H]2OC(C)(C)O[C@@H]12. The fraction of sp³-hybridized carbons (Fsp3) is 0.519. The molecule has 5 atom stereocenters. The van der Waals surface area contributed by atoms with Crippen LogP contribution in [0.2, 0.25) is 0 Å². The van der Waals surface area contributed by atoms with Crippen LogP contribution < -0.4 is 0 Å². The van der Waals surface area contributed by atoms with Gasteiger partial charge in [-0.1, -0.05) is 60.7 Å². The molecule has 35 heavy (non-hydrogen) atoms. The number of rotatable bonds is 10. The summed E-state index contributed by atoms with van der Waals surface area (Å²) in [6.45, 7) is 4.15. The van der Waals surface area contributed by atoms with E-state index in [1.54, 1.807) is 12.0 Å². The molecule has 1 amide bonds. The number of benzene rings is 2. The molecule has 0 bridgehead atoms. The molecule has 2 aliphatic heterocycles. The van der Waals surface area contributed by atoms with Gasteiger partial charge in [0.1, 0.15) is 18.8 Å². The van der Waals surface area contributed by atoms with Crippen LogP contribution in [0.1, 0.15) is 37.8 Å². The molecule has 0 aromatic heterocycles. The summed E-state index contributed by atoms with van der Waals surface area (Å²) in [6, 6.07) is 18.9. The Morgan fingerprint density at radius 1 is 1.03 bits per heavy atom. The molecule has 8 heteroatoms. The first kappa shape index (κ1) is 25.6. The van der Waals surface area contributed by atoms with Crippen LogP contribution in [-0.4, -0.2) is 66.2 Å². The maximum Gasteiger partial charge on any atom is 0.410 e. The molecule has 0 unspecified atom stereocenters. The highest BCUT2D eigenvalue weighted by atomic mass is 16.8. The highest BCUT2D eigenvalue weighted by Gasteiger charge is 2.56. The zero-order valence-corrected chi connectivity index (χ0v) is 20.5.